The summed E-state index contributed by atoms with van der Waals surface area (Å²) < 4.78 is 0. The highest BCUT2D eigenvalue weighted by Gasteiger charge is 2.47. The van der Waals surface area contributed by atoms with Gasteiger partial charge in [-0.3, -0.25) is 10.6 Å². The van der Waals surface area contributed by atoms with E-state index in [0.29, 0.717) is 5.66 Å². The Bertz CT molecular complexity index is 118. The third-order valence-corrected chi connectivity index (χ3v) is 2.41. The molecule has 0 aromatic rings. The molecule has 2 aliphatic rings. The molecular weight excluding hydrogens is 112 g/mol. The average Bonchev–Trinajstić information content (AvgIpc) is 2.44. The first-order chi connectivity index (χ1) is 4.35. The molecule has 0 bridgehead atoms. The van der Waals surface area contributed by atoms with Gasteiger partial charge in [-0.2, -0.15) is 0 Å². The van der Waals surface area contributed by atoms with Crippen molar-refractivity contribution in [1.82, 2.24) is 10.6 Å². The Balaban J connectivity index is 1.93. The van der Waals surface area contributed by atoms with E-state index < -0.39 is 0 Å². The molecule has 2 fully saturated rings. The largest absolute Gasteiger partial charge is 0.298 e. The zero-order valence-electron chi connectivity index (χ0n) is 5.91. The van der Waals surface area contributed by atoms with Gasteiger partial charge in [-0.25, -0.2) is 0 Å². The van der Waals surface area contributed by atoms with Gasteiger partial charge in [-0.15, -0.1) is 0 Å². The van der Waals surface area contributed by atoms with Crippen LogP contribution in [0, 0.1) is 0 Å². The fraction of sp³-hybridized carbons (Fsp3) is 1.00. The van der Waals surface area contributed by atoms with Gasteiger partial charge in [0.25, 0.3) is 0 Å². The zero-order chi connectivity index (χ0) is 6.32. The van der Waals surface area contributed by atoms with Gasteiger partial charge >= 0.3 is 0 Å². The third-order valence-electron chi connectivity index (χ3n) is 2.41. The Morgan fingerprint density at radius 2 is 2.33 bits per heavy atom. The van der Waals surface area contributed by atoms with Crippen LogP contribution in [0.2, 0.25) is 0 Å². The third kappa shape index (κ3) is 0.864. The van der Waals surface area contributed by atoms with Crippen LogP contribution in [0.5, 0.6) is 0 Å². The molecule has 0 aromatic carbocycles. The highest BCUT2D eigenvalue weighted by molar-refractivity contribution is 5.06. The molecule has 2 rings (SSSR count). The van der Waals surface area contributed by atoms with Crippen molar-refractivity contribution in [3.63, 3.8) is 0 Å². The maximum absolute atomic E-state index is 3.58. The van der Waals surface area contributed by atoms with Crippen LogP contribution in [0.15, 0.2) is 0 Å². The molecule has 0 unspecified atom stereocenters. The summed E-state index contributed by atoms with van der Waals surface area (Å²) in [5.41, 5.74) is 0.417. The average molecular weight is 126 g/mol. The van der Waals surface area contributed by atoms with Crippen molar-refractivity contribution in [3.8, 4) is 0 Å². The van der Waals surface area contributed by atoms with Crippen LogP contribution in [0.1, 0.15) is 26.2 Å². The Morgan fingerprint density at radius 3 is 2.67 bits per heavy atom. The van der Waals surface area contributed by atoms with E-state index >= 15 is 0 Å². The van der Waals surface area contributed by atoms with E-state index in [4.69, 9.17) is 0 Å². The number of hydrogen-bond donors (Lipinski definition) is 2. The molecule has 1 heterocycles. The van der Waals surface area contributed by atoms with Gasteiger partial charge < -0.3 is 0 Å². The van der Waals surface area contributed by atoms with Crippen LogP contribution in [0.3, 0.4) is 0 Å². The number of nitrogens with one attached hydrogen (secondary N) is 2. The molecule has 1 atom stereocenters. The Morgan fingerprint density at radius 1 is 1.56 bits per heavy atom. The predicted octanol–water partition coefficient (Wildman–Crippen LogP) is 0.448. The molecule has 2 nitrogen and oxygen atoms in total. The van der Waals surface area contributed by atoms with Crippen LogP contribution in [0.25, 0.3) is 0 Å². The minimum Gasteiger partial charge on any atom is -0.298 e. The van der Waals surface area contributed by atoms with Crippen molar-refractivity contribution < 1.29 is 0 Å². The van der Waals surface area contributed by atoms with E-state index in [1.54, 1.807) is 0 Å². The Hall–Kier alpha value is -0.0800. The summed E-state index contributed by atoms with van der Waals surface area (Å²) in [6.45, 7) is 3.41. The molecule has 9 heavy (non-hydrogen) atoms. The van der Waals surface area contributed by atoms with Crippen LogP contribution < -0.4 is 10.6 Å². The quantitative estimate of drug-likeness (QED) is 0.533. The van der Waals surface area contributed by atoms with E-state index in [-0.39, 0.29) is 0 Å². The van der Waals surface area contributed by atoms with Gasteiger partial charge in [0.1, 0.15) is 0 Å². The molecular formula is C7H14N2. The van der Waals surface area contributed by atoms with E-state index in [1.807, 2.05) is 0 Å². The maximum Gasteiger partial charge on any atom is 0.0692 e. The Kier molecular flexibility index (Phi) is 1.08. The van der Waals surface area contributed by atoms with E-state index in [0.717, 1.165) is 6.04 Å². The fourth-order valence-corrected chi connectivity index (χ4v) is 1.50. The van der Waals surface area contributed by atoms with E-state index in [1.165, 1.54) is 25.8 Å². The maximum atomic E-state index is 3.58. The second-order valence-electron chi connectivity index (χ2n) is 3.21. The van der Waals surface area contributed by atoms with Crippen LogP contribution in [0.4, 0.5) is 0 Å². The lowest BCUT2D eigenvalue weighted by molar-refractivity contribution is 0.501. The minimum atomic E-state index is 0.417. The van der Waals surface area contributed by atoms with Gasteiger partial charge in [-0.05, 0) is 19.3 Å². The Labute approximate surface area is 56.0 Å². The molecule has 1 saturated heterocycles. The standard InChI is InChI=1S/C7H14N2/c1-2-6-5-8-7(9-6)3-4-7/h6,8-9H,2-5H2,1H3/t6-/m1/s1. The zero-order valence-corrected chi connectivity index (χ0v) is 5.91. The summed E-state index contributed by atoms with van der Waals surface area (Å²) >= 11 is 0. The summed E-state index contributed by atoms with van der Waals surface area (Å²) in [6, 6.07) is 0.743. The van der Waals surface area contributed by atoms with Gasteiger partial charge in [0, 0.05) is 12.6 Å². The summed E-state index contributed by atoms with van der Waals surface area (Å²) in [5, 5.41) is 7.08. The van der Waals surface area contributed by atoms with Gasteiger partial charge in [0.15, 0.2) is 0 Å². The summed E-state index contributed by atoms with van der Waals surface area (Å²) in [7, 11) is 0. The monoisotopic (exact) mass is 126 g/mol. The van der Waals surface area contributed by atoms with Crippen molar-refractivity contribution in [3.05, 3.63) is 0 Å². The normalized spacial score (nSPS) is 37.7. The van der Waals surface area contributed by atoms with Gasteiger partial charge in [0.2, 0.25) is 0 Å². The molecule has 1 spiro atoms. The van der Waals surface area contributed by atoms with Crippen molar-refractivity contribution >= 4 is 0 Å². The summed E-state index contributed by atoms with van der Waals surface area (Å²) in [6.07, 6.45) is 3.93. The van der Waals surface area contributed by atoms with Crippen molar-refractivity contribution in [2.45, 2.75) is 37.9 Å². The molecule has 0 amide bonds. The molecule has 1 aliphatic heterocycles. The molecule has 1 saturated carbocycles. The molecule has 2 N–H and O–H groups in total. The SMILES string of the molecule is CC[C@@H]1CNC2(CC2)N1. The predicted molar refractivity (Wildman–Crippen MR) is 37.2 cm³/mol. The van der Waals surface area contributed by atoms with Crippen LogP contribution >= 0.6 is 0 Å². The van der Waals surface area contributed by atoms with Crippen molar-refractivity contribution in [1.29, 1.82) is 0 Å². The van der Waals surface area contributed by atoms with Crippen LogP contribution in [-0.4, -0.2) is 18.2 Å². The molecule has 2 heteroatoms. The summed E-state index contributed by atoms with van der Waals surface area (Å²) in [5.74, 6) is 0. The molecule has 1 aliphatic carbocycles. The highest BCUT2D eigenvalue weighted by atomic mass is 15.3. The second kappa shape index (κ2) is 1.70. The minimum absolute atomic E-state index is 0.417. The first kappa shape index (κ1) is 5.69. The van der Waals surface area contributed by atoms with Gasteiger partial charge in [0.05, 0.1) is 5.66 Å². The van der Waals surface area contributed by atoms with Crippen molar-refractivity contribution in [2.24, 2.45) is 0 Å². The first-order valence-electron chi connectivity index (χ1n) is 3.87. The summed E-state index contributed by atoms with van der Waals surface area (Å²) in [4.78, 5) is 0. The van der Waals surface area contributed by atoms with Crippen molar-refractivity contribution in [2.75, 3.05) is 6.54 Å². The lowest BCUT2D eigenvalue weighted by Crippen LogP contribution is -2.35. The van der Waals surface area contributed by atoms with E-state index in [9.17, 15) is 0 Å². The number of rotatable bonds is 1. The van der Waals surface area contributed by atoms with Gasteiger partial charge in [-0.1, -0.05) is 6.92 Å². The van der Waals surface area contributed by atoms with Crippen LogP contribution in [-0.2, 0) is 0 Å². The fourth-order valence-electron chi connectivity index (χ4n) is 1.50. The topological polar surface area (TPSA) is 24.1 Å². The lowest BCUT2D eigenvalue weighted by Gasteiger charge is -2.08. The highest BCUT2D eigenvalue weighted by Crippen LogP contribution is 2.35. The number of hydrogen-bond acceptors (Lipinski definition) is 2. The molecule has 52 valence electrons. The first-order valence-corrected chi connectivity index (χ1v) is 3.87. The molecule has 0 aromatic heterocycles. The molecule has 0 radical (unpaired) electrons. The second-order valence-corrected chi connectivity index (χ2v) is 3.21. The van der Waals surface area contributed by atoms with E-state index in [2.05, 4.69) is 17.6 Å². The lowest BCUT2D eigenvalue weighted by atomic mass is 10.2. The smallest absolute Gasteiger partial charge is 0.0692 e.